The number of fused-ring (bicyclic) bond motifs is 1. The van der Waals surface area contributed by atoms with Crippen molar-refractivity contribution in [1.29, 1.82) is 0 Å². The molecule has 38 heavy (non-hydrogen) atoms. The van der Waals surface area contributed by atoms with E-state index in [1.807, 2.05) is 58.1 Å². The highest BCUT2D eigenvalue weighted by molar-refractivity contribution is 6.48. The highest BCUT2D eigenvalue weighted by Gasteiger charge is 2.67. The largest absolute Gasteiger partial charge is 0.486 e. The van der Waals surface area contributed by atoms with Gasteiger partial charge in [-0.3, -0.25) is 0 Å². The molecule has 0 amide bonds. The summed E-state index contributed by atoms with van der Waals surface area (Å²) < 4.78 is 29.8. The van der Waals surface area contributed by atoms with Crippen LogP contribution < -0.4 is 9.47 Å². The third-order valence-corrected chi connectivity index (χ3v) is 8.39. The molecule has 3 N–H and O–H groups in total. The Labute approximate surface area is 231 Å². The van der Waals surface area contributed by atoms with Gasteiger partial charge in [0.2, 0.25) is 5.79 Å². The topological polar surface area (TPSA) is 107 Å². The molecule has 10 heteroatoms. The van der Waals surface area contributed by atoms with Crippen molar-refractivity contribution in [3.63, 3.8) is 0 Å². The van der Waals surface area contributed by atoms with Crippen molar-refractivity contribution in [2.24, 2.45) is 5.41 Å². The summed E-state index contributed by atoms with van der Waals surface area (Å²) in [5, 5.41) is 35.0. The van der Waals surface area contributed by atoms with Crippen LogP contribution in [0.3, 0.4) is 0 Å². The van der Waals surface area contributed by atoms with Gasteiger partial charge in [0.15, 0.2) is 26.1 Å². The number of aliphatic hydroxyl groups is 3. The van der Waals surface area contributed by atoms with E-state index < -0.39 is 44.2 Å². The average Bonchev–Trinajstić information content (AvgIpc) is 2.87. The van der Waals surface area contributed by atoms with Crippen molar-refractivity contribution in [2.45, 2.75) is 70.0 Å². The minimum atomic E-state index is -2.11. The van der Waals surface area contributed by atoms with Crippen molar-refractivity contribution in [2.75, 3.05) is 26.9 Å². The second kappa shape index (κ2) is 11.1. The lowest BCUT2D eigenvalue weighted by Gasteiger charge is -2.57. The summed E-state index contributed by atoms with van der Waals surface area (Å²) in [5.74, 6) is -0.466. The van der Waals surface area contributed by atoms with Gasteiger partial charge in [0.25, 0.3) is 0 Å². The highest BCUT2D eigenvalue weighted by Crippen LogP contribution is 2.50. The van der Waals surface area contributed by atoms with Crippen LogP contribution in [0.15, 0.2) is 36.4 Å². The molecule has 0 saturated carbocycles. The van der Waals surface area contributed by atoms with Crippen molar-refractivity contribution >= 4 is 20.6 Å². The summed E-state index contributed by atoms with van der Waals surface area (Å²) in [7, 11) is -0.214. The second-order valence-electron chi connectivity index (χ2n) is 11.4. The minimum absolute atomic E-state index is 0.278. The monoisotopic (exact) mass is 566 g/mol. The van der Waals surface area contributed by atoms with E-state index in [0.717, 1.165) is 11.1 Å². The van der Waals surface area contributed by atoms with Crippen LogP contribution in [-0.4, -0.2) is 75.2 Å². The van der Waals surface area contributed by atoms with Crippen LogP contribution in [0.4, 0.5) is 0 Å². The van der Waals surface area contributed by atoms with E-state index in [0.29, 0.717) is 41.7 Å². The Kier molecular flexibility index (Phi) is 8.52. The fourth-order valence-electron chi connectivity index (χ4n) is 5.15. The molecule has 2 aromatic carbocycles. The van der Waals surface area contributed by atoms with Crippen LogP contribution in [0.5, 0.6) is 11.5 Å². The number of methoxy groups -OCH3 is 1. The summed E-state index contributed by atoms with van der Waals surface area (Å²) in [5.41, 5.74) is -0.525. The molecule has 2 heterocycles. The van der Waals surface area contributed by atoms with Crippen LogP contribution in [0.1, 0.15) is 37.5 Å². The zero-order valence-corrected chi connectivity index (χ0v) is 24.8. The lowest BCUT2D eigenvalue weighted by Crippen LogP contribution is -2.74. The molecule has 0 spiro atoms. The molecule has 4 rings (SSSR count). The summed E-state index contributed by atoms with van der Waals surface area (Å²) in [6, 6.07) is 11.0. The van der Waals surface area contributed by atoms with Gasteiger partial charge in [-0.15, -0.1) is 0 Å². The first-order chi connectivity index (χ1) is 17.8. The minimum Gasteiger partial charge on any atom is -0.486 e. The Morgan fingerprint density at radius 1 is 1.05 bits per heavy atom. The highest BCUT2D eigenvalue weighted by atomic mass is 35.5. The zero-order valence-electron chi connectivity index (χ0n) is 22.9. The predicted octanol–water partition coefficient (Wildman–Crippen LogP) is 3.40. The number of rotatable bonds is 7. The molecule has 0 radical (unpaired) electrons. The first kappa shape index (κ1) is 29.3. The van der Waals surface area contributed by atoms with Crippen LogP contribution in [0, 0.1) is 5.41 Å². The summed E-state index contributed by atoms with van der Waals surface area (Å²) in [6.45, 7) is 10.3. The molecule has 1 fully saturated rings. The molecular formula is C28H39ClO8Si. The van der Waals surface area contributed by atoms with Crippen LogP contribution in [0.2, 0.25) is 18.1 Å². The molecule has 1 unspecified atom stereocenters. The first-order valence-corrected chi connectivity index (χ1v) is 16.1. The lowest BCUT2D eigenvalue weighted by molar-refractivity contribution is -0.416. The van der Waals surface area contributed by atoms with E-state index in [1.165, 1.54) is 7.11 Å². The molecule has 2 aliphatic heterocycles. The van der Waals surface area contributed by atoms with E-state index >= 15 is 0 Å². The predicted molar refractivity (Wildman–Crippen MR) is 146 cm³/mol. The van der Waals surface area contributed by atoms with E-state index in [4.69, 9.17) is 35.0 Å². The first-order valence-electron chi connectivity index (χ1n) is 12.9. The Balaban J connectivity index is 1.79. The molecule has 0 bridgehead atoms. The van der Waals surface area contributed by atoms with Crippen molar-refractivity contribution in [1.82, 2.24) is 0 Å². The van der Waals surface area contributed by atoms with Gasteiger partial charge in [0.05, 0.1) is 12.7 Å². The van der Waals surface area contributed by atoms with E-state index in [9.17, 15) is 15.3 Å². The van der Waals surface area contributed by atoms with E-state index in [1.54, 1.807) is 12.1 Å². The number of aliphatic hydroxyl groups excluding tert-OH is 2. The Bertz CT molecular complexity index is 1140. The normalized spacial score (nSPS) is 29.5. The van der Waals surface area contributed by atoms with Crippen molar-refractivity contribution in [3.05, 3.63) is 58.1 Å². The quantitative estimate of drug-likeness (QED) is 0.438. The number of hydrogen-bond acceptors (Lipinski definition) is 8. The van der Waals surface area contributed by atoms with Gasteiger partial charge in [-0.05, 0) is 60.3 Å². The summed E-state index contributed by atoms with van der Waals surface area (Å²) >= 11 is 6.64. The molecule has 0 aromatic heterocycles. The van der Waals surface area contributed by atoms with Gasteiger partial charge in [0.1, 0.15) is 25.4 Å². The second-order valence-corrected chi connectivity index (χ2v) is 14.2. The maximum absolute atomic E-state index is 12.1. The smallest absolute Gasteiger partial charge is 0.229 e. The maximum atomic E-state index is 12.1. The van der Waals surface area contributed by atoms with E-state index in [2.05, 4.69) is 0 Å². The van der Waals surface area contributed by atoms with Gasteiger partial charge in [0, 0.05) is 17.7 Å². The fraction of sp³-hybridized carbons (Fsp3) is 0.571. The molecular weight excluding hydrogens is 528 g/mol. The van der Waals surface area contributed by atoms with Gasteiger partial charge >= 0.3 is 0 Å². The van der Waals surface area contributed by atoms with E-state index in [-0.39, 0.29) is 6.61 Å². The Morgan fingerprint density at radius 2 is 1.74 bits per heavy atom. The van der Waals surface area contributed by atoms with Crippen LogP contribution >= 0.6 is 11.6 Å². The fourth-order valence-corrected chi connectivity index (χ4v) is 5.92. The molecule has 5 atom stereocenters. The zero-order chi connectivity index (χ0) is 27.9. The molecule has 2 aromatic rings. The lowest BCUT2D eigenvalue weighted by atomic mass is 9.72. The average molecular weight is 567 g/mol. The Morgan fingerprint density at radius 3 is 2.37 bits per heavy atom. The number of ether oxygens (including phenoxy) is 4. The number of hydrogen-bond donors (Lipinski definition) is 3. The molecule has 1 saturated heterocycles. The standard InChI is InChI=1S/C28H39ClO8Si/c1-26(2,3)25-23(30)24(31)27(32,16-36-38(5)6)28(33-4,37-25)19-8-9-20(29)18(15-19)13-17-7-10-21-22(14-17)35-12-11-34-21/h7-10,14-15,23-25,30-32,38H,11-13,16H2,1-6H3/t23-,24-,25-,27+,28?/m0/s1. The molecule has 8 nitrogen and oxygen atoms in total. The Hall–Kier alpha value is -1.69. The van der Waals surface area contributed by atoms with Gasteiger partial charge in [-0.1, -0.05) is 44.5 Å². The SMILES string of the molecule is COC1(c2ccc(Cl)c(Cc3ccc4c(c3)OCCO4)c2)O[C@H](C(C)(C)C)[C@@H](O)[C@H](O)[C@]1(O)CO[SiH](C)C. The number of benzene rings is 2. The van der Waals surface area contributed by atoms with Gasteiger partial charge in [-0.2, -0.15) is 0 Å². The molecule has 210 valence electrons. The third-order valence-electron chi connectivity index (χ3n) is 7.19. The third kappa shape index (κ3) is 5.35. The van der Waals surface area contributed by atoms with Crippen LogP contribution in [-0.2, 0) is 26.1 Å². The van der Waals surface area contributed by atoms with Crippen molar-refractivity contribution in [3.8, 4) is 11.5 Å². The van der Waals surface area contributed by atoms with Gasteiger partial charge < -0.3 is 38.7 Å². The molecule has 2 aliphatic rings. The van der Waals surface area contributed by atoms with Gasteiger partial charge in [-0.25, -0.2) is 0 Å². The molecule has 0 aliphatic carbocycles. The maximum Gasteiger partial charge on any atom is 0.229 e. The summed E-state index contributed by atoms with van der Waals surface area (Å²) in [4.78, 5) is 0. The number of halogens is 1. The summed E-state index contributed by atoms with van der Waals surface area (Å²) in [6.07, 6.45) is -3.37. The van der Waals surface area contributed by atoms with Crippen molar-refractivity contribution < 1.29 is 38.7 Å². The van der Waals surface area contributed by atoms with Crippen LogP contribution in [0.25, 0.3) is 0 Å².